The molecule has 2 aromatic carbocycles. The van der Waals surface area contributed by atoms with Gasteiger partial charge in [0.1, 0.15) is 18.1 Å². The molecule has 10 heteroatoms. The van der Waals surface area contributed by atoms with Gasteiger partial charge in [-0.25, -0.2) is 4.68 Å². The molecular formula is C31H38N6O4. The van der Waals surface area contributed by atoms with Gasteiger partial charge in [-0.05, 0) is 35.4 Å². The minimum absolute atomic E-state index is 0.0240. The number of aliphatic hydroxyl groups excluding tert-OH is 1. The van der Waals surface area contributed by atoms with Crippen LogP contribution >= 0.6 is 0 Å². The van der Waals surface area contributed by atoms with Crippen molar-refractivity contribution >= 4 is 17.7 Å². The number of carbonyl (C=O) groups is 3. The molecule has 2 heterocycles. The van der Waals surface area contributed by atoms with E-state index < -0.39 is 36.0 Å². The summed E-state index contributed by atoms with van der Waals surface area (Å²) in [5.74, 6) is -1.16. The summed E-state index contributed by atoms with van der Waals surface area (Å²) in [5, 5.41) is 21.8. The van der Waals surface area contributed by atoms with Crippen molar-refractivity contribution in [2.75, 3.05) is 6.54 Å². The third kappa shape index (κ3) is 6.48. The van der Waals surface area contributed by atoms with Crippen molar-refractivity contribution in [1.29, 1.82) is 0 Å². The van der Waals surface area contributed by atoms with Crippen LogP contribution in [0.2, 0.25) is 0 Å². The van der Waals surface area contributed by atoms with Gasteiger partial charge in [-0.1, -0.05) is 80.1 Å². The number of nitrogens with one attached hydrogen (secondary N) is 1. The topological polar surface area (TPSA) is 143 Å². The Kier molecular flexibility index (Phi) is 8.49. The number of hydrogen-bond acceptors (Lipinski definition) is 6. The van der Waals surface area contributed by atoms with Gasteiger partial charge < -0.3 is 21.1 Å². The third-order valence-corrected chi connectivity index (χ3v) is 8.27. The van der Waals surface area contributed by atoms with Crippen molar-refractivity contribution in [3.63, 3.8) is 0 Å². The number of likely N-dealkylation sites (tertiary alicyclic amines) is 1. The molecule has 1 aliphatic heterocycles. The molecule has 1 aromatic heterocycles. The smallest absolute Gasteiger partial charge is 0.248 e. The van der Waals surface area contributed by atoms with Crippen molar-refractivity contribution in [3.05, 3.63) is 72.1 Å². The molecule has 5 atom stereocenters. The van der Waals surface area contributed by atoms with Gasteiger partial charge in [-0.15, -0.1) is 5.10 Å². The molecule has 4 N–H and O–H groups in total. The third-order valence-electron chi connectivity index (χ3n) is 8.27. The average molecular weight is 559 g/mol. The van der Waals surface area contributed by atoms with Crippen LogP contribution in [0.4, 0.5) is 0 Å². The maximum absolute atomic E-state index is 13.9. The monoisotopic (exact) mass is 558 g/mol. The van der Waals surface area contributed by atoms with E-state index in [9.17, 15) is 19.5 Å². The maximum Gasteiger partial charge on any atom is 0.248 e. The summed E-state index contributed by atoms with van der Waals surface area (Å²) >= 11 is 0. The van der Waals surface area contributed by atoms with Gasteiger partial charge in [0.25, 0.3) is 0 Å². The Morgan fingerprint density at radius 1 is 1.07 bits per heavy atom. The average Bonchev–Trinajstić information content (AvgIpc) is 3.58. The number of amides is 3. The molecule has 5 rings (SSSR count). The molecule has 5 unspecified atom stereocenters. The lowest BCUT2D eigenvalue weighted by Crippen LogP contribution is -2.54. The quantitative estimate of drug-likeness (QED) is 0.330. The maximum atomic E-state index is 13.9. The fourth-order valence-electron chi connectivity index (χ4n) is 5.50. The number of primary amides is 1. The SMILES string of the molecule is CCC(C)C(C(=O)N1CC(O)CC1C(=O)NC(Cc1ccc(-c2ccccc2)cc1)C(N)=O)n1cc(C2CC2)nn1. The molecule has 0 spiro atoms. The Hall–Kier alpha value is -4.05. The second-order valence-corrected chi connectivity index (χ2v) is 11.4. The highest BCUT2D eigenvalue weighted by Crippen LogP contribution is 2.39. The van der Waals surface area contributed by atoms with Crippen molar-refractivity contribution < 1.29 is 19.5 Å². The number of benzene rings is 2. The van der Waals surface area contributed by atoms with Gasteiger partial charge >= 0.3 is 0 Å². The normalized spacial score (nSPS) is 20.8. The van der Waals surface area contributed by atoms with Gasteiger partial charge in [-0.3, -0.25) is 14.4 Å². The zero-order chi connectivity index (χ0) is 29.1. The molecule has 41 heavy (non-hydrogen) atoms. The van der Waals surface area contributed by atoms with E-state index >= 15 is 0 Å². The van der Waals surface area contributed by atoms with E-state index in [1.54, 1.807) is 4.68 Å². The Bertz CT molecular complexity index is 1370. The predicted molar refractivity (Wildman–Crippen MR) is 153 cm³/mol. The van der Waals surface area contributed by atoms with Crippen LogP contribution in [-0.2, 0) is 20.8 Å². The zero-order valence-corrected chi connectivity index (χ0v) is 23.5. The Morgan fingerprint density at radius 2 is 1.76 bits per heavy atom. The highest BCUT2D eigenvalue weighted by Gasteiger charge is 2.44. The minimum atomic E-state index is -0.971. The van der Waals surface area contributed by atoms with E-state index in [0.717, 1.165) is 41.6 Å². The summed E-state index contributed by atoms with van der Waals surface area (Å²) in [6, 6.07) is 15.1. The van der Waals surface area contributed by atoms with Crippen LogP contribution in [0.1, 0.15) is 62.7 Å². The Labute approximate surface area is 239 Å². The van der Waals surface area contributed by atoms with E-state index in [1.807, 2.05) is 74.6 Å². The van der Waals surface area contributed by atoms with Crippen molar-refractivity contribution in [2.24, 2.45) is 11.7 Å². The first-order valence-corrected chi connectivity index (χ1v) is 14.4. The molecule has 1 saturated heterocycles. The molecule has 0 bridgehead atoms. The number of aromatic nitrogens is 3. The molecule has 10 nitrogen and oxygen atoms in total. The molecule has 1 aliphatic carbocycles. The number of β-amino-alcohol motifs (C(OH)–C–C–N with tert-alkyl or cyclic N) is 1. The van der Waals surface area contributed by atoms with Crippen molar-refractivity contribution in [2.45, 2.75) is 76.1 Å². The molecule has 2 aliphatic rings. The van der Waals surface area contributed by atoms with Gasteiger partial charge in [0.15, 0.2) is 0 Å². The molecular weight excluding hydrogens is 520 g/mol. The Morgan fingerprint density at radius 3 is 2.39 bits per heavy atom. The fraction of sp³-hybridized carbons (Fsp3) is 0.452. The summed E-state index contributed by atoms with van der Waals surface area (Å²) in [6.07, 6.45) is 4.11. The standard InChI is InChI=1S/C31H38N6O4/c1-3-19(2)28(37-18-26(34-35-37)23-13-14-23)31(41)36-17-24(38)16-27(36)30(40)33-25(29(32)39)15-20-9-11-22(12-10-20)21-7-5-4-6-8-21/h4-12,18-19,23-25,27-28,38H,3,13-17H2,1-2H3,(H2,32,39)(H,33,40). The summed E-state index contributed by atoms with van der Waals surface area (Å²) < 4.78 is 1.61. The van der Waals surface area contributed by atoms with Gasteiger partial charge in [-0.2, -0.15) is 0 Å². The first kappa shape index (κ1) is 28.5. The highest BCUT2D eigenvalue weighted by molar-refractivity contribution is 5.93. The van der Waals surface area contributed by atoms with E-state index in [1.165, 1.54) is 4.90 Å². The number of carbonyl (C=O) groups excluding carboxylic acids is 3. The molecule has 3 aromatic rings. The van der Waals surface area contributed by atoms with Gasteiger partial charge in [0, 0.05) is 31.5 Å². The van der Waals surface area contributed by atoms with Crippen LogP contribution in [0.3, 0.4) is 0 Å². The van der Waals surface area contributed by atoms with Crippen LogP contribution < -0.4 is 11.1 Å². The lowest BCUT2D eigenvalue weighted by atomic mass is 9.97. The lowest BCUT2D eigenvalue weighted by molar-refractivity contribution is -0.143. The second-order valence-electron chi connectivity index (χ2n) is 11.4. The van der Waals surface area contributed by atoms with E-state index in [4.69, 9.17) is 5.73 Å². The van der Waals surface area contributed by atoms with Crippen LogP contribution in [0.5, 0.6) is 0 Å². The second kappa shape index (κ2) is 12.2. The first-order chi connectivity index (χ1) is 19.7. The number of nitrogens with zero attached hydrogens (tertiary/aromatic N) is 4. The molecule has 1 saturated carbocycles. The first-order valence-electron chi connectivity index (χ1n) is 14.4. The molecule has 3 amide bonds. The van der Waals surface area contributed by atoms with Gasteiger partial charge in [0.2, 0.25) is 17.7 Å². The summed E-state index contributed by atoms with van der Waals surface area (Å²) in [7, 11) is 0. The van der Waals surface area contributed by atoms with Crippen LogP contribution in [0.25, 0.3) is 11.1 Å². The summed E-state index contributed by atoms with van der Waals surface area (Å²) in [6.45, 7) is 3.99. The van der Waals surface area contributed by atoms with E-state index in [-0.39, 0.29) is 31.2 Å². The van der Waals surface area contributed by atoms with Crippen LogP contribution in [-0.4, -0.2) is 67.5 Å². The van der Waals surface area contributed by atoms with Gasteiger partial charge in [0.05, 0.1) is 11.8 Å². The zero-order valence-electron chi connectivity index (χ0n) is 23.5. The van der Waals surface area contributed by atoms with Crippen molar-refractivity contribution in [3.8, 4) is 11.1 Å². The largest absolute Gasteiger partial charge is 0.391 e. The lowest BCUT2D eigenvalue weighted by Gasteiger charge is -2.31. The van der Waals surface area contributed by atoms with Crippen molar-refractivity contribution in [1.82, 2.24) is 25.2 Å². The molecule has 2 fully saturated rings. The summed E-state index contributed by atoms with van der Waals surface area (Å²) in [5.41, 5.74) is 9.51. The van der Waals surface area contributed by atoms with E-state index in [2.05, 4.69) is 15.6 Å². The van der Waals surface area contributed by atoms with Crippen LogP contribution in [0, 0.1) is 5.92 Å². The number of rotatable bonds is 11. The fourth-order valence-corrected chi connectivity index (χ4v) is 5.50. The number of aliphatic hydroxyl groups is 1. The van der Waals surface area contributed by atoms with Crippen LogP contribution in [0.15, 0.2) is 60.8 Å². The number of nitrogens with two attached hydrogens (primary N) is 1. The minimum Gasteiger partial charge on any atom is -0.391 e. The Balaban J connectivity index is 1.30. The molecule has 216 valence electrons. The van der Waals surface area contributed by atoms with E-state index in [0.29, 0.717) is 5.92 Å². The molecule has 0 radical (unpaired) electrons. The number of hydrogen-bond donors (Lipinski definition) is 3. The summed E-state index contributed by atoms with van der Waals surface area (Å²) in [4.78, 5) is 41.2. The predicted octanol–water partition coefficient (Wildman–Crippen LogP) is 2.58. The highest BCUT2D eigenvalue weighted by atomic mass is 16.3.